The summed E-state index contributed by atoms with van der Waals surface area (Å²) >= 11 is 0. The van der Waals surface area contributed by atoms with Gasteiger partial charge in [0.15, 0.2) is 5.54 Å². The van der Waals surface area contributed by atoms with E-state index in [4.69, 9.17) is 5.73 Å². The summed E-state index contributed by atoms with van der Waals surface area (Å²) in [5.74, 6) is -1.01. The number of hydrogen-bond acceptors (Lipinski definition) is 3. The number of rotatable bonds is 1. The maximum absolute atomic E-state index is 12.8. The molecule has 2 heterocycles. The molecule has 0 aliphatic carbocycles. The molecule has 19 heavy (non-hydrogen) atoms. The fraction of sp³-hybridized carbons (Fsp3) is 0.917. The van der Waals surface area contributed by atoms with Crippen LogP contribution in [0.3, 0.4) is 0 Å². The molecule has 0 aromatic heterocycles. The van der Waals surface area contributed by atoms with Crippen LogP contribution in [0.1, 0.15) is 26.2 Å². The smallest absolute Gasteiger partial charge is 0.338 e. The number of carbonyl (C=O) groups is 1. The summed E-state index contributed by atoms with van der Waals surface area (Å²) in [6, 6.07) is 0.190. The summed E-state index contributed by atoms with van der Waals surface area (Å²) in [6.45, 7) is 3.07. The molecule has 2 aliphatic heterocycles. The molecule has 0 bridgehead atoms. The predicted octanol–water partition coefficient (Wildman–Crippen LogP) is 0.963. The molecule has 0 spiro atoms. The van der Waals surface area contributed by atoms with E-state index >= 15 is 0 Å². The molecule has 0 aromatic carbocycles. The number of piperazine rings is 1. The molecule has 2 unspecified atom stereocenters. The molecule has 2 rings (SSSR count). The molecule has 0 radical (unpaired) electrons. The molecule has 4 nitrogen and oxygen atoms in total. The van der Waals surface area contributed by atoms with Gasteiger partial charge in [0.2, 0.25) is 0 Å². The molecule has 2 N–H and O–H groups in total. The average Bonchev–Trinajstić information content (AvgIpc) is 2.36. The minimum Gasteiger partial charge on any atom is -0.338 e. The van der Waals surface area contributed by atoms with Crippen molar-refractivity contribution in [1.82, 2.24) is 9.80 Å². The van der Waals surface area contributed by atoms with Gasteiger partial charge in [-0.15, -0.1) is 0 Å². The van der Waals surface area contributed by atoms with Gasteiger partial charge in [0.25, 0.3) is 5.91 Å². The van der Waals surface area contributed by atoms with Crippen LogP contribution >= 0.6 is 0 Å². The summed E-state index contributed by atoms with van der Waals surface area (Å²) in [5.41, 5.74) is 2.42. The molecule has 2 atom stereocenters. The second kappa shape index (κ2) is 4.94. The first-order valence-corrected chi connectivity index (χ1v) is 6.62. The fourth-order valence-corrected chi connectivity index (χ4v) is 2.79. The highest BCUT2D eigenvalue weighted by Gasteiger charge is 2.55. The van der Waals surface area contributed by atoms with E-state index in [0.717, 1.165) is 32.7 Å². The van der Waals surface area contributed by atoms with Gasteiger partial charge >= 0.3 is 6.18 Å². The zero-order valence-electron chi connectivity index (χ0n) is 11.0. The van der Waals surface area contributed by atoms with Crippen molar-refractivity contribution >= 4 is 5.91 Å². The van der Waals surface area contributed by atoms with Gasteiger partial charge in [0, 0.05) is 25.7 Å². The summed E-state index contributed by atoms with van der Waals surface area (Å²) in [6.07, 6.45) is -1.57. The van der Waals surface area contributed by atoms with Crippen molar-refractivity contribution in [3.63, 3.8) is 0 Å². The number of hydrogen-bond donors (Lipinski definition) is 1. The third-order valence-corrected chi connectivity index (χ3v) is 4.16. The summed E-state index contributed by atoms with van der Waals surface area (Å²) in [4.78, 5) is 15.5. The van der Waals surface area contributed by atoms with Crippen molar-refractivity contribution in [2.24, 2.45) is 5.73 Å². The highest BCUT2D eigenvalue weighted by molar-refractivity contribution is 5.86. The first kappa shape index (κ1) is 14.6. The highest BCUT2D eigenvalue weighted by atomic mass is 19.4. The van der Waals surface area contributed by atoms with Crippen molar-refractivity contribution in [1.29, 1.82) is 0 Å². The van der Waals surface area contributed by atoms with Crippen molar-refractivity contribution in [3.8, 4) is 0 Å². The number of nitrogens with two attached hydrogens (primary N) is 1. The minimum absolute atomic E-state index is 0.190. The topological polar surface area (TPSA) is 49.6 Å². The lowest BCUT2D eigenvalue weighted by atomic mass is 9.96. The molecule has 2 fully saturated rings. The lowest BCUT2D eigenvalue weighted by Gasteiger charge is -2.45. The second-order valence-corrected chi connectivity index (χ2v) is 5.64. The van der Waals surface area contributed by atoms with Crippen molar-refractivity contribution < 1.29 is 18.0 Å². The van der Waals surface area contributed by atoms with Crippen LogP contribution in [-0.4, -0.2) is 59.6 Å². The van der Waals surface area contributed by atoms with Gasteiger partial charge in [0.05, 0.1) is 0 Å². The summed E-state index contributed by atoms with van der Waals surface area (Å²) in [7, 11) is 0. The van der Waals surface area contributed by atoms with E-state index in [1.54, 1.807) is 0 Å². The van der Waals surface area contributed by atoms with Crippen LogP contribution in [0.15, 0.2) is 0 Å². The number of amides is 1. The highest BCUT2D eigenvalue weighted by Crippen LogP contribution is 2.31. The van der Waals surface area contributed by atoms with E-state index in [2.05, 4.69) is 4.90 Å². The molecule has 1 amide bonds. The Morgan fingerprint density at radius 2 is 1.89 bits per heavy atom. The fourth-order valence-electron chi connectivity index (χ4n) is 2.79. The molecule has 2 aliphatic rings. The van der Waals surface area contributed by atoms with E-state index < -0.39 is 17.6 Å². The number of alkyl halides is 3. The third-order valence-electron chi connectivity index (χ3n) is 4.16. The van der Waals surface area contributed by atoms with Crippen molar-refractivity contribution in [2.45, 2.75) is 43.9 Å². The van der Waals surface area contributed by atoms with Gasteiger partial charge in [-0.25, -0.2) is 0 Å². The quantitative estimate of drug-likeness (QED) is 0.778. The molecular formula is C12H20F3N3O. The molecular weight excluding hydrogens is 259 g/mol. The van der Waals surface area contributed by atoms with E-state index in [0.29, 0.717) is 19.6 Å². The Hall–Kier alpha value is -0.820. The normalized spacial score (nSPS) is 28.7. The molecule has 0 aromatic rings. The van der Waals surface area contributed by atoms with Crippen molar-refractivity contribution in [3.05, 3.63) is 0 Å². The second-order valence-electron chi connectivity index (χ2n) is 5.64. The monoisotopic (exact) mass is 279 g/mol. The van der Waals surface area contributed by atoms with E-state index in [-0.39, 0.29) is 6.04 Å². The SMILES string of the molecule is CC(N)(C(=O)N1CCN2CCCCC2C1)C(F)(F)F. The van der Waals surface area contributed by atoms with E-state index in [1.165, 1.54) is 4.90 Å². The first-order valence-electron chi connectivity index (χ1n) is 6.62. The molecule has 110 valence electrons. The lowest BCUT2D eigenvalue weighted by molar-refractivity contribution is -0.195. The molecule has 7 heteroatoms. The van der Waals surface area contributed by atoms with Crippen LogP contribution < -0.4 is 5.73 Å². The standard InChI is InChI=1S/C12H20F3N3O/c1-11(16,12(13,14)15)10(19)18-7-6-17-5-3-2-4-9(17)8-18/h9H,2-8,16H2,1H3. The largest absolute Gasteiger partial charge is 0.415 e. The van der Waals surface area contributed by atoms with Gasteiger partial charge < -0.3 is 10.6 Å². The minimum atomic E-state index is -4.71. The van der Waals surface area contributed by atoms with Gasteiger partial charge in [-0.3, -0.25) is 9.69 Å². The Kier molecular flexibility index (Phi) is 3.79. The van der Waals surface area contributed by atoms with Crippen LogP contribution in [0.4, 0.5) is 13.2 Å². The predicted molar refractivity (Wildman–Crippen MR) is 64.4 cm³/mol. The lowest BCUT2D eigenvalue weighted by Crippen LogP contribution is -2.66. The van der Waals surface area contributed by atoms with Crippen LogP contribution in [-0.2, 0) is 4.79 Å². The number of carbonyl (C=O) groups excluding carboxylic acids is 1. The van der Waals surface area contributed by atoms with Crippen molar-refractivity contribution in [2.75, 3.05) is 26.2 Å². The van der Waals surface area contributed by atoms with Gasteiger partial charge in [0.1, 0.15) is 0 Å². The first-order chi connectivity index (χ1) is 8.73. The van der Waals surface area contributed by atoms with E-state index in [1.807, 2.05) is 0 Å². The molecule has 0 saturated carbocycles. The Morgan fingerprint density at radius 3 is 2.53 bits per heavy atom. The van der Waals surface area contributed by atoms with Crippen LogP contribution in [0, 0.1) is 0 Å². The maximum Gasteiger partial charge on any atom is 0.415 e. The van der Waals surface area contributed by atoms with E-state index in [9.17, 15) is 18.0 Å². The van der Waals surface area contributed by atoms with Gasteiger partial charge in [-0.2, -0.15) is 13.2 Å². The number of halogens is 3. The Morgan fingerprint density at radius 1 is 1.21 bits per heavy atom. The summed E-state index contributed by atoms with van der Waals surface area (Å²) in [5, 5.41) is 0. The Balaban J connectivity index is 2.05. The Labute approximate surface area is 110 Å². The number of fused-ring (bicyclic) bond motifs is 1. The Bertz CT molecular complexity index is 357. The summed E-state index contributed by atoms with van der Waals surface area (Å²) < 4.78 is 38.4. The molecule has 2 saturated heterocycles. The van der Waals surface area contributed by atoms with Gasteiger partial charge in [-0.05, 0) is 26.3 Å². The van der Waals surface area contributed by atoms with Crippen LogP contribution in [0.5, 0.6) is 0 Å². The van der Waals surface area contributed by atoms with Crippen LogP contribution in [0.2, 0.25) is 0 Å². The third kappa shape index (κ3) is 2.72. The van der Waals surface area contributed by atoms with Gasteiger partial charge in [-0.1, -0.05) is 6.42 Å². The zero-order valence-corrected chi connectivity index (χ0v) is 11.0. The zero-order chi connectivity index (χ0) is 14.3. The van der Waals surface area contributed by atoms with Crippen LogP contribution in [0.25, 0.3) is 0 Å². The number of piperidine rings is 1. The number of nitrogens with zero attached hydrogens (tertiary/aromatic N) is 2. The maximum atomic E-state index is 12.8. The average molecular weight is 279 g/mol.